The maximum absolute atomic E-state index is 12.2. The highest BCUT2D eigenvalue weighted by atomic mass is 16.5. The highest BCUT2D eigenvalue weighted by Crippen LogP contribution is 2.24. The number of urea groups is 1. The largest absolute Gasteiger partial charge is 0.497 e. The predicted octanol–water partition coefficient (Wildman–Crippen LogP) is 4.41. The first-order valence-electron chi connectivity index (χ1n) is 8.08. The number of hydrogen-bond acceptors (Lipinski definition) is 2. The average Bonchev–Trinajstić information content (AvgIpc) is 2.52. The molecule has 0 bridgehead atoms. The van der Waals surface area contributed by atoms with Crippen LogP contribution in [0.25, 0.3) is 0 Å². The first-order valence-corrected chi connectivity index (χ1v) is 8.08. The van der Waals surface area contributed by atoms with Gasteiger partial charge in [0.25, 0.3) is 0 Å². The van der Waals surface area contributed by atoms with Crippen molar-refractivity contribution in [3.63, 3.8) is 0 Å². The van der Waals surface area contributed by atoms with Crippen molar-refractivity contribution in [3.05, 3.63) is 59.2 Å². The summed E-state index contributed by atoms with van der Waals surface area (Å²) in [5, 5.41) is 5.85. The van der Waals surface area contributed by atoms with Gasteiger partial charge in [0.1, 0.15) is 5.75 Å². The Hall–Kier alpha value is -2.49. The normalized spacial score (nSPS) is 11.0. The lowest BCUT2D eigenvalue weighted by Gasteiger charge is -2.26. The van der Waals surface area contributed by atoms with E-state index >= 15 is 0 Å². The van der Waals surface area contributed by atoms with E-state index in [1.807, 2.05) is 50.2 Å². The maximum atomic E-state index is 12.2. The monoisotopic (exact) mass is 326 g/mol. The second kappa shape index (κ2) is 7.39. The summed E-state index contributed by atoms with van der Waals surface area (Å²) < 4.78 is 5.19. The molecule has 0 aromatic heterocycles. The summed E-state index contributed by atoms with van der Waals surface area (Å²) in [6.45, 7) is 8.78. The van der Waals surface area contributed by atoms with Crippen molar-refractivity contribution < 1.29 is 9.53 Å². The summed E-state index contributed by atoms with van der Waals surface area (Å²) in [5.41, 5.74) is 4.04. The summed E-state index contributed by atoms with van der Waals surface area (Å²) in [6.07, 6.45) is 0. The minimum Gasteiger partial charge on any atom is -0.497 e. The van der Waals surface area contributed by atoms with Crippen molar-refractivity contribution in [1.82, 2.24) is 5.32 Å². The van der Waals surface area contributed by atoms with E-state index < -0.39 is 0 Å². The van der Waals surface area contributed by atoms with Crippen molar-refractivity contribution >= 4 is 11.7 Å². The number of nitrogens with one attached hydrogen (secondary N) is 2. The molecule has 0 atom stereocenters. The summed E-state index contributed by atoms with van der Waals surface area (Å²) >= 11 is 0. The lowest BCUT2D eigenvalue weighted by molar-refractivity contribution is 0.249. The molecule has 2 amide bonds. The molecule has 0 saturated carbocycles. The van der Waals surface area contributed by atoms with E-state index in [1.165, 1.54) is 0 Å². The fraction of sp³-hybridized carbons (Fsp3) is 0.350. The molecule has 0 radical (unpaired) electrons. The molecule has 0 aliphatic rings. The number of aryl methyl sites for hydroxylation is 2. The van der Waals surface area contributed by atoms with Crippen molar-refractivity contribution in [2.75, 3.05) is 19.0 Å². The van der Waals surface area contributed by atoms with Crippen molar-refractivity contribution in [2.45, 2.75) is 33.1 Å². The zero-order valence-corrected chi connectivity index (χ0v) is 15.1. The number of hydrogen-bond donors (Lipinski definition) is 2. The third kappa shape index (κ3) is 4.75. The number of anilines is 1. The Morgan fingerprint density at radius 3 is 2.17 bits per heavy atom. The van der Waals surface area contributed by atoms with Crippen molar-refractivity contribution in [2.24, 2.45) is 0 Å². The number of ether oxygens (including phenoxy) is 1. The molecule has 0 aliphatic carbocycles. The molecular weight excluding hydrogens is 300 g/mol. The fourth-order valence-corrected chi connectivity index (χ4v) is 2.67. The smallest absolute Gasteiger partial charge is 0.319 e. The van der Waals surface area contributed by atoms with Gasteiger partial charge in [0.15, 0.2) is 0 Å². The van der Waals surface area contributed by atoms with Gasteiger partial charge in [-0.25, -0.2) is 4.79 Å². The Morgan fingerprint density at radius 1 is 1.04 bits per heavy atom. The van der Waals surface area contributed by atoms with Gasteiger partial charge in [-0.05, 0) is 54.8 Å². The van der Waals surface area contributed by atoms with Gasteiger partial charge in [0.2, 0.25) is 0 Å². The first kappa shape index (κ1) is 17.9. The quantitative estimate of drug-likeness (QED) is 0.855. The van der Waals surface area contributed by atoms with Gasteiger partial charge in [0.05, 0.1) is 7.11 Å². The molecule has 0 saturated heterocycles. The van der Waals surface area contributed by atoms with Gasteiger partial charge in [-0.1, -0.05) is 32.0 Å². The van der Waals surface area contributed by atoms with Crippen LogP contribution in [0, 0.1) is 13.8 Å². The fourth-order valence-electron chi connectivity index (χ4n) is 2.67. The minimum atomic E-state index is -0.193. The van der Waals surface area contributed by atoms with E-state index in [9.17, 15) is 4.79 Å². The average molecular weight is 326 g/mol. The standard InChI is InChI=1S/C20H26N2O2/c1-14-10-15(2)12-17(11-14)22-19(23)21-13-20(3,4)16-6-8-18(24-5)9-7-16/h6-12H,13H2,1-5H3,(H2,21,22,23). The SMILES string of the molecule is COc1ccc(C(C)(C)CNC(=O)Nc2cc(C)cc(C)c2)cc1. The van der Waals surface area contributed by atoms with E-state index in [0.717, 1.165) is 28.1 Å². The molecule has 128 valence electrons. The molecule has 0 aliphatic heterocycles. The summed E-state index contributed by atoms with van der Waals surface area (Å²) in [4.78, 5) is 12.2. The topological polar surface area (TPSA) is 50.4 Å². The first-order chi connectivity index (χ1) is 11.3. The molecule has 4 heteroatoms. The lowest BCUT2D eigenvalue weighted by atomic mass is 9.84. The Labute approximate surface area is 144 Å². The zero-order valence-electron chi connectivity index (χ0n) is 15.1. The summed E-state index contributed by atoms with van der Waals surface area (Å²) in [6, 6.07) is 13.7. The van der Waals surface area contributed by atoms with Crippen LogP contribution < -0.4 is 15.4 Å². The zero-order chi connectivity index (χ0) is 17.7. The van der Waals surface area contributed by atoms with Gasteiger partial charge in [0, 0.05) is 17.6 Å². The van der Waals surface area contributed by atoms with E-state index in [1.54, 1.807) is 7.11 Å². The van der Waals surface area contributed by atoms with E-state index in [2.05, 4.69) is 30.5 Å². The van der Waals surface area contributed by atoms with Crippen LogP contribution in [-0.2, 0) is 5.41 Å². The molecule has 24 heavy (non-hydrogen) atoms. The third-order valence-electron chi connectivity index (χ3n) is 4.04. The molecule has 0 fully saturated rings. The van der Waals surface area contributed by atoms with Gasteiger partial charge < -0.3 is 15.4 Å². The highest BCUT2D eigenvalue weighted by molar-refractivity contribution is 5.89. The van der Waals surface area contributed by atoms with Gasteiger partial charge >= 0.3 is 6.03 Å². The summed E-state index contributed by atoms with van der Waals surface area (Å²) in [5.74, 6) is 0.829. The molecule has 4 nitrogen and oxygen atoms in total. The van der Waals surface area contributed by atoms with Crippen LogP contribution in [0.5, 0.6) is 5.75 Å². The van der Waals surface area contributed by atoms with Crippen LogP contribution in [0.3, 0.4) is 0 Å². The molecular formula is C20H26N2O2. The Bertz CT molecular complexity index is 686. The molecule has 2 N–H and O–H groups in total. The number of benzene rings is 2. The van der Waals surface area contributed by atoms with Crippen LogP contribution >= 0.6 is 0 Å². The number of amides is 2. The Morgan fingerprint density at radius 2 is 1.62 bits per heavy atom. The molecule has 2 aromatic carbocycles. The van der Waals surface area contributed by atoms with E-state index in [0.29, 0.717) is 6.54 Å². The number of methoxy groups -OCH3 is 1. The summed E-state index contributed by atoms with van der Waals surface area (Å²) in [7, 11) is 1.65. The number of carbonyl (C=O) groups is 1. The number of carbonyl (C=O) groups excluding carboxylic acids is 1. The minimum absolute atomic E-state index is 0.174. The van der Waals surface area contributed by atoms with Gasteiger partial charge in [-0.2, -0.15) is 0 Å². The van der Waals surface area contributed by atoms with Crippen LogP contribution in [-0.4, -0.2) is 19.7 Å². The van der Waals surface area contributed by atoms with Crippen LogP contribution in [0.1, 0.15) is 30.5 Å². The maximum Gasteiger partial charge on any atom is 0.319 e. The predicted molar refractivity (Wildman–Crippen MR) is 99.0 cm³/mol. The van der Waals surface area contributed by atoms with Gasteiger partial charge in [-0.15, -0.1) is 0 Å². The third-order valence-corrected chi connectivity index (χ3v) is 4.04. The highest BCUT2D eigenvalue weighted by Gasteiger charge is 2.21. The molecule has 2 rings (SSSR count). The van der Waals surface area contributed by atoms with Crippen LogP contribution in [0.2, 0.25) is 0 Å². The van der Waals surface area contributed by atoms with Crippen LogP contribution in [0.15, 0.2) is 42.5 Å². The molecule has 0 spiro atoms. The number of rotatable bonds is 5. The van der Waals surface area contributed by atoms with Crippen molar-refractivity contribution in [3.8, 4) is 5.75 Å². The van der Waals surface area contributed by atoms with E-state index in [-0.39, 0.29) is 11.4 Å². The molecule has 2 aromatic rings. The lowest BCUT2D eigenvalue weighted by Crippen LogP contribution is -2.39. The second-order valence-electron chi connectivity index (χ2n) is 6.80. The molecule has 0 unspecified atom stereocenters. The van der Waals surface area contributed by atoms with Crippen molar-refractivity contribution in [1.29, 1.82) is 0 Å². The van der Waals surface area contributed by atoms with Gasteiger partial charge in [-0.3, -0.25) is 0 Å². The Balaban J connectivity index is 1.96. The second-order valence-corrected chi connectivity index (χ2v) is 6.80. The molecule has 0 heterocycles. The Kier molecular flexibility index (Phi) is 5.50. The van der Waals surface area contributed by atoms with Crippen LogP contribution in [0.4, 0.5) is 10.5 Å². The van der Waals surface area contributed by atoms with E-state index in [4.69, 9.17) is 4.74 Å².